The second-order valence-electron chi connectivity index (χ2n) is 4.53. The summed E-state index contributed by atoms with van der Waals surface area (Å²) in [6.45, 7) is 2.28. The minimum Gasteiger partial charge on any atom is -0.466 e. The van der Waals surface area contributed by atoms with Crippen LogP contribution in [0.15, 0.2) is 42.5 Å². The van der Waals surface area contributed by atoms with Gasteiger partial charge in [-0.15, -0.1) is 0 Å². The number of unbranched alkanes of at least 4 members (excludes halogenated alkanes) is 1. The van der Waals surface area contributed by atoms with E-state index in [4.69, 9.17) is 4.74 Å². The van der Waals surface area contributed by atoms with Crippen molar-refractivity contribution in [2.24, 2.45) is 0 Å². The lowest BCUT2D eigenvalue weighted by Crippen LogP contribution is -2.02. The highest BCUT2D eigenvalue weighted by Gasteiger charge is 1.99. The molecule has 0 aliphatic rings. The normalized spacial score (nSPS) is 11.1. The van der Waals surface area contributed by atoms with E-state index in [-0.39, 0.29) is 5.97 Å². The van der Waals surface area contributed by atoms with Crippen LogP contribution in [0.5, 0.6) is 0 Å². The molecule has 3 heteroatoms. The summed E-state index contributed by atoms with van der Waals surface area (Å²) >= 11 is 0. The van der Waals surface area contributed by atoms with Gasteiger partial charge in [0.15, 0.2) is 0 Å². The Labute approximate surface area is 119 Å². The molecule has 1 heterocycles. The van der Waals surface area contributed by atoms with Crippen molar-refractivity contribution in [3.8, 4) is 0 Å². The standard InChI is InChI=1S/C17H19NO2/c1-2-20-17(19)11-5-3-4-9-15-13-12-14-8-6-7-10-16(14)18-15/h4,6-10,12-13H,2-3,5,11H2,1H3. The second-order valence-corrected chi connectivity index (χ2v) is 4.53. The van der Waals surface area contributed by atoms with E-state index in [0.717, 1.165) is 29.4 Å². The fourth-order valence-corrected chi connectivity index (χ4v) is 1.98. The first-order valence-corrected chi connectivity index (χ1v) is 6.97. The summed E-state index contributed by atoms with van der Waals surface area (Å²) in [7, 11) is 0. The molecule has 0 aliphatic carbocycles. The quantitative estimate of drug-likeness (QED) is 0.588. The Bertz CT molecular complexity index is 605. The lowest BCUT2D eigenvalue weighted by molar-refractivity contribution is -0.143. The van der Waals surface area contributed by atoms with Crippen LogP contribution in [0.3, 0.4) is 0 Å². The number of esters is 1. The van der Waals surface area contributed by atoms with Crippen LogP contribution in [-0.2, 0) is 9.53 Å². The number of carbonyl (C=O) groups is 1. The van der Waals surface area contributed by atoms with E-state index in [1.807, 2.05) is 37.3 Å². The molecule has 2 rings (SSSR count). The van der Waals surface area contributed by atoms with Gasteiger partial charge in [-0.05, 0) is 38.0 Å². The van der Waals surface area contributed by atoms with Gasteiger partial charge in [0.2, 0.25) is 0 Å². The maximum absolute atomic E-state index is 11.2. The monoisotopic (exact) mass is 269 g/mol. The van der Waals surface area contributed by atoms with Crippen molar-refractivity contribution in [3.63, 3.8) is 0 Å². The van der Waals surface area contributed by atoms with Crippen LogP contribution in [-0.4, -0.2) is 17.6 Å². The van der Waals surface area contributed by atoms with E-state index < -0.39 is 0 Å². The first-order valence-electron chi connectivity index (χ1n) is 6.97. The second kappa shape index (κ2) is 7.43. The van der Waals surface area contributed by atoms with E-state index in [9.17, 15) is 4.79 Å². The van der Waals surface area contributed by atoms with Gasteiger partial charge in [-0.3, -0.25) is 4.79 Å². The minimum absolute atomic E-state index is 0.121. The molecule has 0 spiro atoms. The van der Waals surface area contributed by atoms with Crippen molar-refractivity contribution >= 4 is 22.9 Å². The zero-order chi connectivity index (χ0) is 14.2. The van der Waals surface area contributed by atoms with Crippen LogP contribution in [0.25, 0.3) is 17.0 Å². The van der Waals surface area contributed by atoms with Crippen molar-refractivity contribution in [3.05, 3.63) is 48.2 Å². The van der Waals surface area contributed by atoms with Gasteiger partial charge in [-0.25, -0.2) is 4.98 Å². The number of ether oxygens (including phenoxy) is 1. The first kappa shape index (κ1) is 14.3. The summed E-state index contributed by atoms with van der Waals surface area (Å²) in [6, 6.07) is 12.1. The van der Waals surface area contributed by atoms with Crippen molar-refractivity contribution in [2.75, 3.05) is 6.61 Å². The number of pyridine rings is 1. The fraction of sp³-hybridized carbons (Fsp3) is 0.294. The first-order chi connectivity index (χ1) is 9.79. The maximum atomic E-state index is 11.2. The molecule has 1 aromatic heterocycles. The summed E-state index contributed by atoms with van der Waals surface area (Å²) in [4.78, 5) is 15.7. The maximum Gasteiger partial charge on any atom is 0.305 e. The number of allylic oxidation sites excluding steroid dienone is 1. The van der Waals surface area contributed by atoms with Crippen LogP contribution in [0.2, 0.25) is 0 Å². The van der Waals surface area contributed by atoms with Gasteiger partial charge in [-0.2, -0.15) is 0 Å². The minimum atomic E-state index is -0.121. The highest BCUT2D eigenvalue weighted by atomic mass is 16.5. The Morgan fingerprint density at radius 2 is 2.10 bits per heavy atom. The zero-order valence-electron chi connectivity index (χ0n) is 11.7. The Morgan fingerprint density at radius 3 is 2.95 bits per heavy atom. The number of aromatic nitrogens is 1. The number of hydrogen-bond acceptors (Lipinski definition) is 3. The lowest BCUT2D eigenvalue weighted by Gasteiger charge is -2.00. The molecular formula is C17H19NO2. The smallest absolute Gasteiger partial charge is 0.305 e. The predicted molar refractivity (Wildman–Crippen MR) is 81.3 cm³/mol. The lowest BCUT2D eigenvalue weighted by atomic mass is 10.2. The average molecular weight is 269 g/mol. The summed E-state index contributed by atoms with van der Waals surface area (Å²) in [5, 5.41) is 1.15. The van der Waals surface area contributed by atoms with Crippen LogP contribution in [0.1, 0.15) is 31.9 Å². The van der Waals surface area contributed by atoms with Crippen molar-refractivity contribution in [1.29, 1.82) is 0 Å². The SMILES string of the molecule is CCOC(=O)CCCC=Cc1ccc2ccccc2n1. The molecule has 0 unspecified atom stereocenters. The number of fused-ring (bicyclic) bond motifs is 1. The van der Waals surface area contributed by atoms with Gasteiger partial charge in [0, 0.05) is 11.8 Å². The predicted octanol–water partition coefficient (Wildman–Crippen LogP) is 3.98. The third-order valence-electron chi connectivity index (χ3n) is 2.97. The number of hydrogen-bond donors (Lipinski definition) is 0. The molecule has 0 aliphatic heterocycles. The van der Waals surface area contributed by atoms with Gasteiger partial charge >= 0.3 is 5.97 Å². The number of para-hydroxylation sites is 1. The van der Waals surface area contributed by atoms with E-state index in [1.54, 1.807) is 0 Å². The molecule has 1 aromatic carbocycles. The molecule has 0 atom stereocenters. The summed E-state index contributed by atoms with van der Waals surface area (Å²) in [5.41, 5.74) is 1.95. The molecule has 0 saturated heterocycles. The molecule has 2 aromatic rings. The molecule has 104 valence electrons. The number of rotatable bonds is 6. The third kappa shape index (κ3) is 4.19. The van der Waals surface area contributed by atoms with Crippen LogP contribution >= 0.6 is 0 Å². The van der Waals surface area contributed by atoms with E-state index in [0.29, 0.717) is 13.0 Å². The zero-order valence-corrected chi connectivity index (χ0v) is 11.7. The number of carbonyl (C=O) groups excluding carboxylic acids is 1. The fourth-order valence-electron chi connectivity index (χ4n) is 1.98. The molecule has 3 nitrogen and oxygen atoms in total. The van der Waals surface area contributed by atoms with Crippen molar-refractivity contribution in [2.45, 2.75) is 26.2 Å². The van der Waals surface area contributed by atoms with Crippen molar-refractivity contribution < 1.29 is 9.53 Å². The van der Waals surface area contributed by atoms with Gasteiger partial charge < -0.3 is 4.74 Å². The molecule has 0 N–H and O–H groups in total. The van der Waals surface area contributed by atoms with Crippen LogP contribution in [0, 0.1) is 0 Å². The molecule has 20 heavy (non-hydrogen) atoms. The Hall–Kier alpha value is -2.16. The van der Waals surface area contributed by atoms with Crippen LogP contribution in [0.4, 0.5) is 0 Å². The van der Waals surface area contributed by atoms with E-state index in [1.165, 1.54) is 0 Å². The summed E-state index contributed by atoms with van der Waals surface area (Å²) < 4.78 is 4.88. The number of benzene rings is 1. The van der Waals surface area contributed by atoms with Gasteiger partial charge in [0.25, 0.3) is 0 Å². The highest BCUT2D eigenvalue weighted by molar-refractivity contribution is 5.79. The Kier molecular flexibility index (Phi) is 5.30. The molecule has 0 fully saturated rings. The van der Waals surface area contributed by atoms with Gasteiger partial charge in [0.05, 0.1) is 17.8 Å². The van der Waals surface area contributed by atoms with Gasteiger partial charge in [0.1, 0.15) is 0 Å². The third-order valence-corrected chi connectivity index (χ3v) is 2.97. The molecule has 0 amide bonds. The summed E-state index contributed by atoms with van der Waals surface area (Å²) in [5.74, 6) is -0.121. The average Bonchev–Trinajstić information content (AvgIpc) is 2.47. The molecule has 0 radical (unpaired) electrons. The van der Waals surface area contributed by atoms with Crippen LogP contribution < -0.4 is 0 Å². The van der Waals surface area contributed by atoms with Crippen molar-refractivity contribution in [1.82, 2.24) is 4.98 Å². The molecule has 0 saturated carbocycles. The highest BCUT2D eigenvalue weighted by Crippen LogP contribution is 2.13. The molecular weight excluding hydrogens is 250 g/mol. The van der Waals surface area contributed by atoms with Gasteiger partial charge in [-0.1, -0.05) is 30.3 Å². The molecule has 0 bridgehead atoms. The Balaban J connectivity index is 1.85. The van der Waals surface area contributed by atoms with E-state index >= 15 is 0 Å². The number of nitrogens with zero attached hydrogens (tertiary/aromatic N) is 1. The topological polar surface area (TPSA) is 39.2 Å². The van der Waals surface area contributed by atoms with E-state index in [2.05, 4.69) is 23.2 Å². The summed E-state index contributed by atoms with van der Waals surface area (Å²) in [6.07, 6.45) is 6.19. The Morgan fingerprint density at radius 1 is 1.25 bits per heavy atom. The largest absolute Gasteiger partial charge is 0.466 e.